The molecule has 1 N–H and O–H groups in total. The molecule has 0 aliphatic rings. The van der Waals surface area contributed by atoms with E-state index in [2.05, 4.69) is 15.9 Å². The van der Waals surface area contributed by atoms with E-state index in [-0.39, 0.29) is 16.3 Å². The van der Waals surface area contributed by atoms with Gasteiger partial charge in [0.15, 0.2) is 5.75 Å². The zero-order valence-electron chi connectivity index (χ0n) is 7.90. The number of carboxylic acid groups (broad SMARTS) is 1. The van der Waals surface area contributed by atoms with Gasteiger partial charge in [-0.15, -0.1) is 0 Å². The van der Waals surface area contributed by atoms with Crippen LogP contribution in [0.3, 0.4) is 0 Å². The summed E-state index contributed by atoms with van der Waals surface area (Å²) >= 11 is 15.0. The van der Waals surface area contributed by atoms with Gasteiger partial charge in [0.1, 0.15) is 0 Å². The summed E-state index contributed by atoms with van der Waals surface area (Å²) in [6.07, 6.45) is 0. The van der Waals surface area contributed by atoms with Crippen LogP contribution in [-0.4, -0.2) is 18.2 Å². The molecule has 1 aromatic rings. The van der Waals surface area contributed by atoms with E-state index in [4.69, 9.17) is 33.0 Å². The quantitative estimate of drug-likeness (QED) is 0.904. The highest BCUT2D eigenvalue weighted by Crippen LogP contribution is 2.42. The molecule has 0 aliphatic heterocycles. The van der Waals surface area contributed by atoms with E-state index in [1.54, 1.807) is 6.92 Å². The Bertz CT molecular complexity index is 432. The van der Waals surface area contributed by atoms with E-state index in [1.165, 1.54) is 7.11 Å². The maximum Gasteiger partial charge on any atom is 0.338 e. The van der Waals surface area contributed by atoms with Crippen molar-refractivity contribution in [3.05, 3.63) is 25.6 Å². The Morgan fingerprint density at radius 2 is 1.93 bits per heavy atom. The Labute approximate surface area is 105 Å². The van der Waals surface area contributed by atoms with Crippen LogP contribution in [0.4, 0.5) is 0 Å². The van der Waals surface area contributed by atoms with Gasteiger partial charge >= 0.3 is 5.97 Å². The summed E-state index contributed by atoms with van der Waals surface area (Å²) in [6, 6.07) is 0. The van der Waals surface area contributed by atoms with Crippen LogP contribution >= 0.6 is 39.1 Å². The fourth-order valence-corrected chi connectivity index (χ4v) is 2.58. The third kappa shape index (κ3) is 2.07. The molecule has 0 aliphatic carbocycles. The molecule has 1 rings (SSSR count). The highest BCUT2D eigenvalue weighted by molar-refractivity contribution is 9.10. The first kappa shape index (κ1) is 12.6. The number of halogens is 3. The van der Waals surface area contributed by atoms with Crippen molar-refractivity contribution in [3.63, 3.8) is 0 Å². The second-order valence-corrected chi connectivity index (χ2v) is 4.33. The number of hydrogen-bond acceptors (Lipinski definition) is 2. The number of methoxy groups -OCH3 is 1. The average molecular weight is 314 g/mol. The molecule has 0 saturated carbocycles. The van der Waals surface area contributed by atoms with Crippen molar-refractivity contribution in [2.45, 2.75) is 6.92 Å². The van der Waals surface area contributed by atoms with Crippen LogP contribution in [0.1, 0.15) is 15.9 Å². The van der Waals surface area contributed by atoms with Crippen LogP contribution < -0.4 is 4.74 Å². The Kier molecular flexibility index (Phi) is 3.87. The van der Waals surface area contributed by atoms with Gasteiger partial charge in [0.2, 0.25) is 0 Å². The number of carbonyl (C=O) groups is 1. The molecule has 0 amide bonds. The van der Waals surface area contributed by atoms with Crippen molar-refractivity contribution in [1.29, 1.82) is 0 Å². The summed E-state index contributed by atoms with van der Waals surface area (Å²) in [7, 11) is 1.38. The topological polar surface area (TPSA) is 46.5 Å². The predicted octanol–water partition coefficient (Wildman–Crippen LogP) is 3.77. The molecule has 15 heavy (non-hydrogen) atoms. The molecule has 0 radical (unpaired) electrons. The zero-order valence-corrected chi connectivity index (χ0v) is 11.0. The van der Waals surface area contributed by atoms with E-state index in [1.807, 2.05) is 0 Å². The largest absolute Gasteiger partial charge is 0.494 e. The Balaban J connectivity index is 3.68. The minimum atomic E-state index is -1.13. The number of rotatable bonds is 2. The first-order valence-corrected chi connectivity index (χ1v) is 5.41. The maximum absolute atomic E-state index is 11.0. The van der Waals surface area contributed by atoms with Gasteiger partial charge in [0.05, 0.1) is 22.7 Å². The molecular formula is C9H7BrCl2O3. The van der Waals surface area contributed by atoms with Crippen LogP contribution in [0.5, 0.6) is 5.75 Å². The van der Waals surface area contributed by atoms with Gasteiger partial charge in [-0.3, -0.25) is 0 Å². The Morgan fingerprint density at radius 1 is 1.40 bits per heavy atom. The molecule has 0 saturated heterocycles. The lowest BCUT2D eigenvalue weighted by molar-refractivity contribution is 0.0695. The number of ether oxygens (including phenoxy) is 1. The van der Waals surface area contributed by atoms with Crippen molar-refractivity contribution in [2.24, 2.45) is 0 Å². The summed E-state index contributed by atoms with van der Waals surface area (Å²) in [5.41, 5.74) is 0.533. The first-order chi connectivity index (χ1) is 6.91. The summed E-state index contributed by atoms with van der Waals surface area (Å²) in [4.78, 5) is 11.0. The lowest BCUT2D eigenvalue weighted by Gasteiger charge is -2.13. The highest BCUT2D eigenvalue weighted by atomic mass is 79.9. The fourth-order valence-electron chi connectivity index (χ4n) is 1.13. The molecule has 0 heterocycles. The highest BCUT2D eigenvalue weighted by Gasteiger charge is 2.23. The van der Waals surface area contributed by atoms with Gasteiger partial charge in [-0.25, -0.2) is 4.79 Å². The van der Waals surface area contributed by atoms with E-state index < -0.39 is 5.97 Å². The van der Waals surface area contributed by atoms with Crippen LogP contribution in [0, 0.1) is 6.92 Å². The molecule has 1 aromatic carbocycles. The smallest absolute Gasteiger partial charge is 0.338 e. The van der Waals surface area contributed by atoms with Crippen molar-refractivity contribution in [3.8, 4) is 5.75 Å². The molecule has 0 unspecified atom stereocenters. The van der Waals surface area contributed by atoms with Gasteiger partial charge in [-0.05, 0) is 28.4 Å². The first-order valence-electron chi connectivity index (χ1n) is 3.86. The van der Waals surface area contributed by atoms with E-state index in [0.717, 1.165) is 0 Å². The molecule has 0 fully saturated rings. The molecule has 6 heteroatoms. The zero-order chi connectivity index (χ0) is 11.7. The summed E-state index contributed by atoms with van der Waals surface area (Å²) in [5, 5.41) is 9.27. The average Bonchev–Trinajstić information content (AvgIpc) is 2.15. The molecule has 0 aromatic heterocycles. The van der Waals surface area contributed by atoms with E-state index in [9.17, 15) is 4.79 Å². The van der Waals surface area contributed by atoms with Crippen molar-refractivity contribution in [1.82, 2.24) is 0 Å². The summed E-state index contributed by atoms with van der Waals surface area (Å²) in [6.45, 7) is 1.68. The molecule has 3 nitrogen and oxygen atoms in total. The van der Waals surface area contributed by atoms with Gasteiger partial charge in [-0.2, -0.15) is 0 Å². The second kappa shape index (κ2) is 4.60. The third-order valence-electron chi connectivity index (χ3n) is 1.91. The number of carboxylic acids is 1. The number of hydrogen-bond donors (Lipinski definition) is 1. The summed E-state index contributed by atoms with van der Waals surface area (Å²) in [5.74, 6) is -0.957. The van der Waals surface area contributed by atoms with Crippen LogP contribution in [0.15, 0.2) is 4.47 Å². The van der Waals surface area contributed by atoms with Crippen molar-refractivity contribution in [2.75, 3.05) is 7.11 Å². The van der Waals surface area contributed by atoms with Gasteiger partial charge < -0.3 is 9.84 Å². The van der Waals surface area contributed by atoms with Gasteiger partial charge in [-0.1, -0.05) is 23.2 Å². The Hall–Kier alpha value is -0.450. The standard InChI is InChI=1S/C9H7BrCl2O3/c1-3-5(10)4(9(13)14)7(12)8(15-2)6(3)11/h1-2H3,(H,13,14). The van der Waals surface area contributed by atoms with Crippen molar-refractivity contribution >= 4 is 45.1 Å². The van der Waals surface area contributed by atoms with Crippen LogP contribution in [-0.2, 0) is 0 Å². The predicted molar refractivity (Wildman–Crippen MR) is 62.4 cm³/mol. The molecule has 0 spiro atoms. The Morgan fingerprint density at radius 3 is 2.33 bits per heavy atom. The molecule has 0 atom stereocenters. The maximum atomic E-state index is 11.0. The second-order valence-electron chi connectivity index (χ2n) is 2.78. The monoisotopic (exact) mass is 312 g/mol. The SMILES string of the molecule is COc1c(Cl)c(C)c(Br)c(C(=O)O)c1Cl. The van der Waals surface area contributed by atoms with Gasteiger partial charge in [0.25, 0.3) is 0 Å². The number of benzene rings is 1. The van der Waals surface area contributed by atoms with E-state index >= 15 is 0 Å². The van der Waals surface area contributed by atoms with Gasteiger partial charge in [0, 0.05) is 4.47 Å². The minimum absolute atomic E-state index is 0.00697. The van der Waals surface area contributed by atoms with E-state index in [0.29, 0.717) is 15.1 Å². The fraction of sp³-hybridized carbons (Fsp3) is 0.222. The molecule has 82 valence electrons. The number of aromatic carboxylic acids is 1. The van der Waals surface area contributed by atoms with Crippen molar-refractivity contribution < 1.29 is 14.6 Å². The third-order valence-corrected chi connectivity index (χ3v) is 3.72. The minimum Gasteiger partial charge on any atom is -0.494 e. The van der Waals surface area contributed by atoms with Crippen LogP contribution in [0.2, 0.25) is 10.0 Å². The normalized spacial score (nSPS) is 10.2. The molecular weight excluding hydrogens is 307 g/mol. The lowest BCUT2D eigenvalue weighted by Crippen LogP contribution is -2.03. The summed E-state index contributed by atoms with van der Waals surface area (Å²) < 4.78 is 5.32. The van der Waals surface area contributed by atoms with Crippen LogP contribution in [0.25, 0.3) is 0 Å². The lowest BCUT2D eigenvalue weighted by atomic mass is 10.1. The molecule has 0 bridgehead atoms.